The van der Waals surface area contributed by atoms with Crippen LogP contribution < -0.4 is 4.90 Å². The minimum Gasteiger partial charge on any atom is -0.456 e. The van der Waals surface area contributed by atoms with Gasteiger partial charge in [0.1, 0.15) is 11.2 Å². The third-order valence-electron chi connectivity index (χ3n) is 15.0. The van der Waals surface area contributed by atoms with Gasteiger partial charge in [0.15, 0.2) is 0 Å². The van der Waals surface area contributed by atoms with Crippen molar-refractivity contribution in [3.63, 3.8) is 0 Å². The highest BCUT2D eigenvalue weighted by molar-refractivity contribution is 6.26. The first-order valence-corrected chi connectivity index (χ1v) is 23.2. The molecule has 12 aromatic carbocycles. The number of anilines is 3. The Labute approximate surface area is 387 Å². The fourth-order valence-corrected chi connectivity index (χ4v) is 12.2. The molecule has 67 heavy (non-hydrogen) atoms. The number of nitrogens with zero attached hydrogens (tertiary/aromatic N) is 1. The molecule has 0 saturated carbocycles. The van der Waals surface area contributed by atoms with Gasteiger partial charge < -0.3 is 9.32 Å². The lowest BCUT2D eigenvalue weighted by atomic mass is 9.70. The van der Waals surface area contributed by atoms with Crippen molar-refractivity contribution in [3.05, 3.63) is 259 Å². The Hall–Kier alpha value is -8.72. The molecule has 1 heterocycles. The van der Waals surface area contributed by atoms with Gasteiger partial charge in [0.05, 0.1) is 11.1 Å². The molecule has 0 radical (unpaired) electrons. The summed E-state index contributed by atoms with van der Waals surface area (Å²) in [6.07, 6.45) is 0. The van der Waals surface area contributed by atoms with E-state index < -0.39 is 5.41 Å². The second-order valence-electron chi connectivity index (χ2n) is 18.3. The van der Waals surface area contributed by atoms with Crippen LogP contribution in [0.4, 0.5) is 17.1 Å². The Bertz CT molecular complexity index is 4170. The summed E-state index contributed by atoms with van der Waals surface area (Å²) in [4.78, 5) is 2.53. The number of rotatable bonds is 4. The van der Waals surface area contributed by atoms with Crippen molar-refractivity contribution < 1.29 is 4.42 Å². The summed E-state index contributed by atoms with van der Waals surface area (Å²) in [5, 5.41) is 12.2. The van der Waals surface area contributed by atoms with Gasteiger partial charge in [-0.15, -0.1) is 0 Å². The molecule has 0 fully saturated rings. The standard InChI is InChI=1S/C65H39NO/c1-2-16-41-35-43(31-29-40(41)15-1)66(44-32-34-49-47-19-4-3-17-45(47)46-18-5-6-20-48(46)56(49)37-44)62-39-61-57(38-55(62)42-30-33-54-53-24-10-14-28-63(53)67-64(54)36-42)52-23-9-13-27-60(52)65(61)58-25-11-7-21-50(58)51-22-8-12-26-59(51)65/h1-39H. The summed E-state index contributed by atoms with van der Waals surface area (Å²) >= 11 is 0. The van der Waals surface area contributed by atoms with Crippen LogP contribution in [-0.4, -0.2) is 0 Å². The summed E-state index contributed by atoms with van der Waals surface area (Å²) in [6.45, 7) is 0. The van der Waals surface area contributed by atoms with Crippen LogP contribution in [0, 0.1) is 0 Å². The van der Waals surface area contributed by atoms with E-state index in [1.54, 1.807) is 0 Å². The van der Waals surface area contributed by atoms with Crippen molar-refractivity contribution in [2.24, 2.45) is 0 Å². The minimum atomic E-state index is -0.525. The molecule has 15 rings (SSSR count). The molecule has 310 valence electrons. The van der Waals surface area contributed by atoms with Gasteiger partial charge in [-0.3, -0.25) is 0 Å². The third kappa shape index (κ3) is 4.99. The zero-order valence-corrected chi connectivity index (χ0v) is 36.4. The van der Waals surface area contributed by atoms with Gasteiger partial charge in [0, 0.05) is 27.7 Å². The van der Waals surface area contributed by atoms with Crippen molar-refractivity contribution in [2.75, 3.05) is 4.90 Å². The van der Waals surface area contributed by atoms with Crippen LogP contribution in [0.3, 0.4) is 0 Å². The molecule has 0 amide bonds. The first-order valence-electron chi connectivity index (χ1n) is 23.2. The molecule has 0 atom stereocenters. The highest BCUT2D eigenvalue weighted by Crippen LogP contribution is 2.64. The van der Waals surface area contributed by atoms with Crippen molar-refractivity contribution >= 4 is 82.1 Å². The van der Waals surface area contributed by atoms with Crippen LogP contribution in [-0.2, 0) is 5.41 Å². The number of hydrogen-bond donors (Lipinski definition) is 0. The number of fused-ring (bicyclic) bond motifs is 20. The van der Waals surface area contributed by atoms with E-state index in [-0.39, 0.29) is 0 Å². The van der Waals surface area contributed by atoms with E-state index >= 15 is 0 Å². The molecule has 0 N–H and O–H groups in total. The highest BCUT2D eigenvalue weighted by Gasteiger charge is 2.52. The van der Waals surface area contributed by atoms with Crippen molar-refractivity contribution in [2.45, 2.75) is 5.41 Å². The van der Waals surface area contributed by atoms with Crippen LogP contribution in [0.1, 0.15) is 22.3 Å². The zero-order valence-electron chi connectivity index (χ0n) is 36.4. The number of hydrogen-bond acceptors (Lipinski definition) is 2. The smallest absolute Gasteiger partial charge is 0.136 e. The molecule has 2 aliphatic carbocycles. The van der Waals surface area contributed by atoms with E-state index in [0.29, 0.717) is 0 Å². The molecule has 1 aromatic heterocycles. The SMILES string of the molecule is c1ccc2c(c1)-c1ccccc1C21c2ccccc2-c2cc(-c3ccc4c(c3)oc3ccccc34)c(N(c3ccc4ccccc4c3)c3ccc4c5ccccc5c5ccccc5c4c3)cc21. The molecule has 13 aromatic rings. The predicted molar refractivity (Wildman–Crippen MR) is 280 cm³/mol. The summed E-state index contributed by atoms with van der Waals surface area (Å²) in [6, 6.07) is 88.0. The lowest BCUT2D eigenvalue weighted by molar-refractivity contribution is 0.669. The Morgan fingerprint density at radius 3 is 1.46 bits per heavy atom. The summed E-state index contributed by atoms with van der Waals surface area (Å²) in [7, 11) is 0. The molecule has 2 nitrogen and oxygen atoms in total. The highest BCUT2D eigenvalue weighted by atomic mass is 16.3. The fraction of sp³-hybridized carbons (Fsp3) is 0.0154. The lowest BCUT2D eigenvalue weighted by Gasteiger charge is -2.33. The van der Waals surface area contributed by atoms with Crippen LogP contribution >= 0.6 is 0 Å². The maximum absolute atomic E-state index is 6.65. The molecule has 2 aliphatic rings. The van der Waals surface area contributed by atoms with Gasteiger partial charge in [0.2, 0.25) is 0 Å². The number of furan rings is 1. The van der Waals surface area contributed by atoms with Crippen molar-refractivity contribution in [3.8, 4) is 33.4 Å². The van der Waals surface area contributed by atoms with Gasteiger partial charge in [-0.25, -0.2) is 0 Å². The fourth-order valence-electron chi connectivity index (χ4n) is 12.2. The number of benzene rings is 12. The first kappa shape index (κ1) is 36.6. The largest absolute Gasteiger partial charge is 0.456 e. The van der Waals surface area contributed by atoms with Crippen LogP contribution in [0.5, 0.6) is 0 Å². The average Bonchev–Trinajstić information content (AvgIpc) is 4.02. The van der Waals surface area contributed by atoms with Gasteiger partial charge in [-0.05, 0) is 148 Å². The second kappa shape index (κ2) is 13.7. The van der Waals surface area contributed by atoms with Gasteiger partial charge in [-0.1, -0.05) is 182 Å². The van der Waals surface area contributed by atoms with Gasteiger partial charge >= 0.3 is 0 Å². The van der Waals surface area contributed by atoms with Gasteiger partial charge in [0.25, 0.3) is 0 Å². The van der Waals surface area contributed by atoms with Crippen molar-refractivity contribution in [1.82, 2.24) is 0 Å². The van der Waals surface area contributed by atoms with E-state index in [1.165, 1.54) is 87.6 Å². The Morgan fingerprint density at radius 2 is 0.776 bits per heavy atom. The topological polar surface area (TPSA) is 16.4 Å². The lowest BCUT2D eigenvalue weighted by Crippen LogP contribution is -2.26. The molecule has 0 saturated heterocycles. The van der Waals surface area contributed by atoms with E-state index in [1.807, 2.05) is 6.07 Å². The quantitative estimate of drug-likeness (QED) is 0.164. The molecule has 0 aliphatic heterocycles. The molecule has 1 spiro atoms. The Morgan fingerprint density at radius 1 is 0.284 bits per heavy atom. The third-order valence-corrected chi connectivity index (χ3v) is 15.0. The molecule has 0 bridgehead atoms. The van der Waals surface area contributed by atoms with E-state index in [0.717, 1.165) is 50.1 Å². The predicted octanol–water partition coefficient (Wildman–Crippen LogP) is 17.7. The summed E-state index contributed by atoms with van der Waals surface area (Å²) in [5.41, 5.74) is 17.1. The van der Waals surface area contributed by atoms with E-state index in [2.05, 4.69) is 235 Å². The molecular formula is C65H39NO. The normalized spacial score (nSPS) is 13.2. The van der Waals surface area contributed by atoms with Gasteiger partial charge in [-0.2, -0.15) is 0 Å². The van der Waals surface area contributed by atoms with Crippen LogP contribution in [0.15, 0.2) is 241 Å². The zero-order chi connectivity index (χ0) is 43.8. The second-order valence-corrected chi connectivity index (χ2v) is 18.3. The molecule has 0 unspecified atom stereocenters. The number of para-hydroxylation sites is 1. The molecular weight excluding hydrogens is 811 g/mol. The monoisotopic (exact) mass is 849 g/mol. The van der Waals surface area contributed by atoms with Crippen LogP contribution in [0.2, 0.25) is 0 Å². The van der Waals surface area contributed by atoms with Crippen molar-refractivity contribution in [1.29, 1.82) is 0 Å². The minimum absolute atomic E-state index is 0.525. The molecule has 2 heteroatoms. The maximum atomic E-state index is 6.65. The van der Waals surface area contributed by atoms with Crippen LogP contribution in [0.25, 0.3) is 98.4 Å². The van der Waals surface area contributed by atoms with E-state index in [4.69, 9.17) is 4.42 Å². The summed E-state index contributed by atoms with van der Waals surface area (Å²) in [5.74, 6) is 0. The first-order chi connectivity index (χ1) is 33.2. The Balaban J connectivity index is 1.09. The van der Waals surface area contributed by atoms with E-state index in [9.17, 15) is 0 Å². The average molecular weight is 850 g/mol. The Kier molecular flexibility index (Phi) is 7.46. The maximum Gasteiger partial charge on any atom is 0.136 e. The summed E-state index contributed by atoms with van der Waals surface area (Å²) < 4.78 is 6.65.